The van der Waals surface area contributed by atoms with Crippen LogP contribution in [0.15, 0.2) is 109 Å². The number of aromatic nitrogens is 2. The van der Waals surface area contributed by atoms with Gasteiger partial charge in [0.1, 0.15) is 23.1 Å². The first-order valence-corrected chi connectivity index (χ1v) is 23.1. The van der Waals surface area contributed by atoms with E-state index in [-0.39, 0.29) is 11.8 Å². The number of nitrogens with one attached hydrogen (secondary N) is 2. The van der Waals surface area contributed by atoms with E-state index >= 15 is 0 Å². The van der Waals surface area contributed by atoms with Crippen LogP contribution in [0, 0.1) is 0 Å². The second-order valence-corrected chi connectivity index (χ2v) is 17.2. The zero-order valence-electron chi connectivity index (χ0n) is 34.6. The highest BCUT2D eigenvalue weighted by Gasteiger charge is 2.23. The van der Waals surface area contributed by atoms with Crippen molar-refractivity contribution < 1.29 is 19.1 Å². The van der Waals surface area contributed by atoms with Crippen molar-refractivity contribution in [1.29, 1.82) is 0 Å². The molecule has 7 rings (SSSR count). The molecule has 4 heterocycles. The van der Waals surface area contributed by atoms with Gasteiger partial charge in [-0.25, -0.2) is 9.97 Å². The van der Waals surface area contributed by atoms with Gasteiger partial charge in [-0.05, 0) is 84.6 Å². The summed E-state index contributed by atoms with van der Waals surface area (Å²) in [6, 6.07) is 30.8. The molecule has 7 aromatic rings. The predicted octanol–water partition coefficient (Wildman–Crippen LogP) is 14.2. The van der Waals surface area contributed by atoms with Gasteiger partial charge in [-0.3, -0.25) is 9.59 Å². The molecule has 0 fully saturated rings. The number of ether oxygens (including phenoxy) is 2. The van der Waals surface area contributed by atoms with Gasteiger partial charge in [-0.1, -0.05) is 114 Å². The van der Waals surface area contributed by atoms with Crippen LogP contribution in [-0.2, 0) is 0 Å². The maximum Gasteiger partial charge on any atom is 0.256 e. The van der Waals surface area contributed by atoms with Crippen LogP contribution >= 0.6 is 22.7 Å². The number of rotatable bonds is 22. The van der Waals surface area contributed by atoms with Gasteiger partial charge in [0.15, 0.2) is 0 Å². The third kappa shape index (κ3) is 11.0. The topological polar surface area (TPSA) is 102 Å². The van der Waals surface area contributed by atoms with Crippen LogP contribution in [0.2, 0.25) is 0 Å². The Balaban J connectivity index is 1.22. The minimum absolute atomic E-state index is 0.203. The average Bonchev–Trinajstić information content (AvgIpc) is 3.93. The number of thiophene rings is 2. The van der Waals surface area contributed by atoms with Crippen molar-refractivity contribution in [2.24, 2.45) is 0 Å². The second kappa shape index (κ2) is 21.6. The molecule has 60 heavy (non-hydrogen) atoms. The van der Waals surface area contributed by atoms with Gasteiger partial charge in [0.2, 0.25) is 0 Å². The van der Waals surface area contributed by atoms with E-state index in [0.29, 0.717) is 36.0 Å². The average molecular weight is 839 g/mol. The standard InChI is InChI=1S/C50H54N4O4S2/c1-3-5-7-9-11-17-31-57-45-39-33-41(35-21-25-37(26-22-35)49(55)53-43-19-13-15-29-51-43)60-48(39)46(58-32-18-12-10-8-6-4-2)40-34-42(59-47(40)45)36-23-27-38(28-24-36)50(56)54-44-20-14-16-30-52-44/h13-16,19-30,33-34H,3-12,17-18,31-32H2,1-2H3,(H,51,53,55)(H,52,54,56). The van der Waals surface area contributed by atoms with E-state index in [4.69, 9.17) is 9.47 Å². The van der Waals surface area contributed by atoms with E-state index < -0.39 is 0 Å². The summed E-state index contributed by atoms with van der Waals surface area (Å²) >= 11 is 3.40. The van der Waals surface area contributed by atoms with E-state index in [1.165, 1.54) is 51.4 Å². The number of hydrogen-bond acceptors (Lipinski definition) is 8. The second-order valence-electron chi connectivity index (χ2n) is 15.1. The van der Waals surface area contributed by atoms with Crippen LogP contribution in [0.25, 0.3) is 41.1 Å². The molecule has 0 unspecified atom stereocenters. The Bertz CT molecular complexity index is 2220. The molecule has 0 spiro atoms. The molecule has 3 aromatic carbocycles. The number of nitrogens with zero attached hydrogens (tertiary/aromatic N) is 2. The Hall–Kier alpha value is -5.58. The fourth-order valence-corrected chi connectivity index (χ4v) is 9.56. The highest BCUT2D eigenvalue weighted by atomic mass is 32.1. The number of fused-ring (bicyclic) bond motifs is 2. The number of pyridine rings is 2. The third-order valence-corrected chi connectivity index (χ3v) is 12.9. The van der Waals surface area contributed by atoms with Crippen LogP contribution in [0.3, 0.4) is 0 Å². The predicted molar refractivity (Wildman–Crippen MR) is 250 cm³/mol. The van der Waals surface area contributed by atoms with Crippen molar-refractivity contribution in [2.45, 2.75) is 90.9 Å². The molecule has 0 atom stereocenters. The summed E-state index contributed by atoms with van der Waals surface area (Å²) in [5, 5.41) is 7.84. The molecule has 8 nitrogen and oxygen atoms in total. The zero-order valence-corrected chi connectivity index (χ0v) is 36.3. The third-order valence-electron chi connectivity index (χ3n) is 10.5. The van der Waals surface area contributed by atoms with Crippen molar-refractivity contribution >= 4 is 66.3 Å². The quantitative estimate of drug-likeness (QED) is 0.0659. The van der Waals surface area contributed by atoms with Gasteiger partial charge in [-0.15, -0.1) is 22.7 Å². The molecule has 0 radical (unpaired) electrons. The van der Waals surface area contributed by atoms with Crippen LogP contribution in [-0.4, -0.2) is 35.0 Å². The number of carbonyl (C=O) groups is 2. The molecule has 0 aliphatic heterocycles. The highest BCUT2D eigenvalue weighted by Crippen LogP contribution is 2.52. The number of amides is 2. The number of hydrogen-bond donors (Lipinski definition) is 2. The van der Waals surface area contributed by atoms with Crippen molar-refractivity contribution in [3.8, 4) is 32.4 Å². The Kier molecular flexibility index (Phi) is 15.3. The summed E-state index contributed by atoms with van der Waals surface area (Å²) in [6.45, 7) is 5.75. The number of carbonyl (C=O) groups excluding carboxylic acids is 2. The highest BCUT2D eigenvalue weighted by molar-refractivity contribution is 7.24. The van der Waals surface area contributed by atoms with Crippen LogP contribution in [0.5, 0.6) is 11.5 Å². The molecular weight excluding hydrogens is 785 g/mol. The lowest BCUT2D eigenvalue weighted by Gasteiger charge is -2.14. The smallest absolute Gasteiger partial charge is 0.256 e. The monoisotopic (exact) mass is 838 g/mol. The maximum absolute atomic E-state index is 13.0. The number of unbranched alkanes of at least 4 members (excludes halogenated alkanes) is 10. The molecule has 2 N–H and O–H groups in total. The molecule has 0 aliphatic rings. The SMILES string of the molecule is CCCCCCCCOc1c2cc(-c3ccc(C(=O)Nc4ccccn4)cc3)sc2c(OCCCCCCCC)c2cc(-c3ccc(C(=O)Nc4ccccn4)cc3)sc12. The van der Waals surface area contributed by atoms with E-state index in [2.05, 4.69) is 46.6 Å². The van der Waals surface area contributed by atoms with E-state index in [1.54, 1.807) is 47.2 Å². The van der Waals surface area contributed by atoms with E-state index in [9.17, 15) is 9.59 Å². The van der Waals surface area contributed by atoms with Crippen LogP contribution < -0.4 is 20.1 Å². The van der Waals surface area contributed by atoms with Gasteiger partial charge in [0, 0.05) is 44.0 Å². The summed E-state index contributed by atoms with van der Waals surface area (Å²) in [4.78, 5) is 36.7. The Morgan fingerprint density at radius 1 is 0.517 bits per heavy atom. The molecule has 0 saturated heterocycles. The van der Waals surface area contributed by atoms with E-state index in [1.807, 2.05) is 72.8 Å². The van der Waals surface area contributed by atoms with Crippen molar-refractivity contribution in [1.82, 2.24) is 9.97 Å². The van der Waals surface area contributed by atoms with Crippen molar-refractivity contribution in [2.75, 3.05) is 23.8 Å². The first kappa shape index (κ1) is 42.5. The zero-order chi connectivity index (χ0) is 41.5. The van der Waals surface area contributed by atoms with Gasteiger partial charge >= 0.3 is 0 Å². The first-order valence-electron chi connectivity index (χ1n) is 21.5. The van der Waals surface area contributed by atoms with Gasteiger partial charge < -0.3 is 20.1 Å². The minimum atomic E-state index is -0.203. The molecule has 2 amide bonds. The van der Waals surface area contributed by atoms with Crippen LogP contribution in [0.4, 0.5) is 11.6 Å². The van der Waals surface area contributed by atoms with Crippen molar-refractivity contribution in [3.63, 3.8) is 0 Å². The van der Waals surface area contributed by atoms with E-state index in [0.717, 1.165) is 78.2 Å². The normalized spacial score (nSPS) is 11.2. The fraction of sp³-hybridized carbons (Fsp3) is 0.320. The molecular formula is C50H54N4O4S2. The summed E-state index contributed by atoms with van der Waals surface area (Å²) in [5.41, 5.74) is 3.16. The lowest BCUT2D eigenvalue weighted by atomic mass is 10.1. The van der Waals surface area contributed by atoms with Crippen LogP contribution in [0.1, 0.15) is 112 Å². The van der Waals surface area contributed by atoms with Crippen molar-refractivity contribution in [3.05, 3.63) is 121 Å². The molecule has 0 aliphatic carbocycles. The number of benzene rings is 3. The fourth-order valence-electron chi connectivity index (χ4n) is 7.21. The van der Waals surface area contributed by atoms with Gasteiger partial charge in [0.05, 0.1) is 22.6 Å². The Morgan fingerprint density at radius 3 is 1.30 bits per heavy atom. The summed E-state index contributed by atoms with van der Waals surface area (Å²) < 4.78 is 15.8. The summed E-state index contributed by atoms with van der Waals surface area (Å²) in [7, 11) is 0. The first-order chi connectivity index (χ1) is 29.5. The molecule has 0 saturated carbocycles. The lowest BCUT2D eigenvalue weighted by molar-refractivity contribution is 0.101. The maximum atomic E-state index is 13.0. The number of anilines is 2. The van der Waals surface area contributed by atoms with Gasteiger partial charge in [0.25, 0.3) is 11.8 Å². The largest absolute Gasteiger partial charge is 0.491 e. The van der Waals surface area contributed by atoms with Gasteiger partial charge in [-0.2, -0.15) is 0 Å². The molecule has 310 valence electrons. The molecule has 10 heteroatoms. The lowest BCUT2D eigenvalue weighted by Crippen LogP contribution is -2.12. The summed E-state index contributed by atoms with van der Waals surface area (Å²) in [6.07, 6.45) is 17.5. The molecule has 4 aromatic heterocycles. The Labute approximate surface area is 361 Å². The summed E-state index contributed by atoms with van der Waals surface area (Å²) in [5.74, 6) is 2.40. The molecule has 0 bridgehead atoms. The Morgan fingerprint density at radius 2 is 0.917 bits per heavy atom. The minimum Gasteiger partial charge on any atom is -0.491 e.